The predicted molar refractivity (Wildman–Crippen MR) is 97.2 cm³/mol. The van der Waals surface area contributed by atoms with E-state index in [2.05, 4.69) is 52.8 Å². The summed E-state index contributed by atoms with van der Waals surface area (Å²) in [5, 5.41) is 4.15. The minimum Gasteiger partial charge on any atom is -0.360 e. The van der Waals surface area contributed by atoms with Crippen molar-refractivity contribution in [3.63, 3.8) is 0 Å². The number of aromatic nitrogens is 2. The second-order valence-electron chi connectivity index (χ2n) is 6.02. The van der Waals surface area contributed by atoms with Gasteiger partial charge >= 0.3 is 0 Å². The van der Waals surface area contributed by atoms with Crippen molar-refractivity contribution in [3.8, 4) is 0 Å². The largest absolute Gasteiger partial charge is 0.360 e. The standard InChI is InChI=1S/C19H20FN3S/c1-13-4-3-5-15(10-13)11-18-22-19(24-23-18)21-12-14(2)16-6-8-17(20)9-7-16/h3-10,14H,11-12H2,1-2H3,(H,21,22,23)/t14-/m1/s1. The summed E-state index contributed by atoms with van der Waals surface area (Å²) >= 11 is 1.38. The maximum atomic E-state index is 13.0. The van der Waals surface area contributed by atoms with Crippen molar-refractivity contribution in [1.29, 1.82) is 0 Å². The Labute approximate surface area is 145 Å². The van der Waals surface area contributed by atoms with Crippen LogP contribution in [-0.4, -0.2) is 15.9 Å². The van der Waals surface area contributed by atoms with Gasteiger partial charge in [0.05, 0.1) is 0 Å². The van der Waals surface area contributed by atoms with E-state index >= 15 is 0 Å². The lowest BCUT2D eigenvalue weighted by Crippen LogP contribution is -2.09. The van der Waals surface area contributed by atoms with Crippen LogP contribution in [0.25, 0.3) is 0 Å². The number of hydrogen-bond acceptors (Lipinski definition) is 4. The highest BCUT2D eigenvalue weighted by Crippen LogP contribution is 2.19. The quantitative estimate of drug-likeness (QED) is 0.700. The van der Waals surface area contributed by atoms with E-state index in [9.17, 15) is 4.39 Å². The Morgan fingerprint density at radius 1 is 1.17 bits per heavy atom. The van der Waals surface area contributed by atoms with E-state index in [-0.39, 0.29) is 11.7 Å². The fourth-order valence-electron chi connectivity index (χ4n) is 2.55. The maximum Gasteiger partial charge on any atom is 0.202 e. The summed E-state index contributed by atoms with van der Waals surface area (Å²) in [5.74, 6) is 0.904. The highest BCUT2D eigenvalue weighted by Gasteiger charge is 2.09. The Bertz CT molecular complexity index is 798. The third-order valence-electron chi connectivity index (χ3n) is 3.91. The van der Waals surface area contributed by atoms with E-state index in [1.165, 1.54) is 34.8 Å². The average Bonchev–Trinajstić information content (AvgIpc) is 3.01. The number of anilines is 1. The van der Waals surface area contributed by atoms with Crippen LogP contribution in [0.15, 0.2) is 48.5 Å². The SMILES string of the molecule is Cc1cccc(Cc2nsc(NC[C@@H](C)c3ccc(F)cc3)n2)c1. The van der Waals surface area contributed by atoms with Crippen LogP contribution in [0.1, 0.15) is 35.4 Å². The van der Waals surface area contributed by atoms with E-state index in [4.69, 9.17) is 0 Å². The normalized spacial score (nSPS) is 12.1. The summed E-state index contributed by atoms with van der Waals surface area (Å²) in [6.45, 7) is 4.93. The minimum atomic E-state index is -0.205. The van der Waals surface area contributed by atoms with Crippen LogP contribution in [0.2, 0.25) is 0 Å². The molecule has 0 aliphatic heterocycles. The van der Waals surface area contributed by atoms with Crippen LogP contribution < -0.4 is 5.32 Å². The summed E-state index contributed by atoms with van der Waals surface area (Å²) in [4.78, 5) is 4.55. The lowest BCUT2D eigenvalue weighted by Gasteiger charge is -2.12. The van der Waals surface area contributed by atoms with Gasteiger partial charge in [0.2, 0.25) is 5.13 Å². The highest BCUT2D eigenvalue weighted by atomic mass is 32.1. The molecule has 1 aromatic heterocycles. The first-order valence-corrected chi connectivity index (χ1v) is 8.75. The molecule has 1 atom stereocenters. The molecular formula is C19H20FN3S. The van der Waals surface area contributed by atoms with Gasteiger partial charge in [-0.3, -0.25) is 0 Å². The zero-order chi connectivity index (χ0) is 16.9. The average molecular weight is 341 g/mol. The molecule has 0 amide bonds. The van der Waals surface area contributed by atoms with Gasteiger partial charge in [-0.15, -0.1) is 0 Å². The number of rotatable bonds is 6. The number of nitrogens with zero attached hydrogens (tertiary/aromatic N) is 2. The second kappa shape index (κ2) is 7.53. The first-order valence-electron chi connectivity index (χ1n) is 7.97. The number of halogens is 1. The first-order chi connectivity index (χ1) is 11.6. The minimum absolute atomic E-state index is 0.205. The van der Waals surface area contributed by atoms with Crippen LogP contribution >= 0.6 is 11.5 Å². The molecule has 0 saturated carbocycles. The van der Waals surface area contributed by atoms with Crippen LogP contribution in [0.4, 0.5) is 9.52 Å². The van der Waals surface area contributed by atoms with Gasteiger partial charge in [-0.05, 0) is 36.1 Å². The van der Waals surface area contributed by atoms with Crippen molar-refractivity contribution < 1.29 is 4.39 Å². The van der Waals surface area contributed by atoms with E-state index in [1.54, 1.807) is 0 Å². The molecule has 124 valence electrons. The van der Waals surface area contributed by atoms with Crippen LogP contribution in [0.5, 0.6) is 0 Å². The number of aryl methyl sites for hydroxylation is 1. The molecule has 0 unspecified atom stereocenters. The monoisotopic (exact) mass is 341 g/mol. The van der Waals surface area contributed by atoms with Gasteiger partial charge < -0.3 is 5.32 Å². The Morgan fingerprint density at radius 3 is 2.71 bits per heavy atom. The Morgan fingerprint density at radius 2 is 1.96 bits per heavy atom. The summed E-state index contributed by atoms with van der Waals surface area (Å²) in [5.41, 5.74) is 3.57. The third-order valence-corrected chi connectivity index (χ3v) is 4.62. The number of benzene rings is 2. The fraction of sp³-hybridized carbons (Fsp3) is 0.263. The zero-order valence-corrected chi connectivity index (χ0v) is 14.6. The van der Waals surface area contributed by atoms with Gasteiger partial charge in [-0.1, -0.05) is 48.9 Å². The van der Waals surface area contributed by atoms with Gasteiger partial charge in [0.15, 0.2) is 0 Å². The van der Waals surface area contributed by atoms with E-state index in [0.29, 0.717) is 0 Å². The number of hydrogen-bond donors (Lipinski definition) is 1. The number of nitrogens with one attached hydrogen (secondary N) is 1. The molecule has 24 heavy (non-hydrogen) atoms. The third kappa shape index (κ3) is 4.38. The molecule has 3 rings (SSSR count). The molecule has 0 bridgehead atoms. The predicted octanol–water partition coefficient (Wildman–Crippen LogP) is 4.79. The van der Waals surface area contributed by atoms with Gasteiger partial charge in [0.1, 0.15) is 11.6 Å². The van der Waals surface area contributed by atoms with Crippen molar-refractivity contribution in [2.24, 2.45) is 0 Å². The van der Waals surface area contributed by atoms with E-state index in [0.717, 1.165) is 29.5 Å². The van der Waals surface area contributed by atoms with Crippen molar-refractivity contribution in [2.45, 2.75) is 26.2 Å². The van der Waals surface area contributed by atoms with Crippen molar-refractivity contribution in [2.75, 3.05) is 11.9 Å². The lowest BCUT2D eigenvalue weighted by atomic mass is 10.0. The van der Waals surface area contributed by atoms with E-state index < -0.39 is 0 Å². The molecule has 0 saturated heterocycles. The van der Waals surface area contributed by atoms with Gasteiger partial charge in [-0.25, -0.2) is 9.37 Å². The molecule has 0 aliphatic carbocycles. The Balaban J connectivity index is 1.57. The highest BCUT2D eigenvalue weighted by molar-refractivity contribution is 7.09. The maximum absolute atomic E-state index is 13.0. The smallest absolute Gasteiger partial charge is 0.202 e. The molecule has 0 radical (unpaired) electrons. The second-order valence-corrected chi connectivity index (χ2v) is 6.77. The van der Waals surface area contributed by atoms with Gasteiger partial charge in [-0.2, -0.15) is 4.37 Å². The van der Waals surface area contributed by atoms with Gasteiger partial charge in [0, 0.05) is 24.5 Å². The molecule has 0 fully saturated rings. The van der Waals surface area contributed by atoms with Crippen LogP contribution in [0, 0.1) is 12.7 Å². The molecule has 0 spiro atoms. The van der Waals surface area contributed by atoms with Crippen molar-refractivity contribution in [1.82, 2.24) is 9.36 Å². The summed E-state index contributed by atoms with van der Waals surface area (Å²) in [6, 6.07) is 15.0. The van der Waals surface area contributed by atoms with Crippen molar-refractivity contribution >= 4 is 16.7 Å². The molecule has 5 heteroatoms. The Kier molecular flexibility index (Phi) is 5.20. The van der Waals surface area contributed by atoms with E-state index in [1.807, 2.05) is 12.1 Å². The topological polar surface area (TPSA) is 37.8 Å². The molecule has 0 aliphatic rings. The summed E-state index contributed by atoms with van der Waals surface area (Å²) in [7, 11) is 0. The van der Waals surface area contributed by atoms with Crippen molar-refractivity contribution in [3.05, 3.63) is 76.9 Å². The Hall–Kier alpha value is -2.27. The zero-order valence-electron chi connectivity index (χ0n) is 13.8. The first kappa shape index (κ1) is 16.6. The summed E-state index contributed by atoms with van der Waals surface area (Å²) in [6.07, 6.45) is 0.743. The van der Waals surface area contributed by atoms with Crippen LogP contribution in [0.3, 0.4) is 0 Å². The lowest BCUT2D eigenvalue weighted by molar-refractivity contribution is 0.626. The molecule has 3 aromatic rings. The van der Waals surface area contributed by atoms with Gasteiger partial charge in [0.25, 0.3) is 0 Å². The molecule has 1 N–H and O–H groups in total. The molecule has 1 heterocycles. The molecule has 2 aromatic carbocycles. The summed E-state index contributed by atoms with van der Waals surface area (Å²) < 4.78 is 17.4. The van der Waals surface area contributed by atoms with Crippen LogP contribution in [-0.2, 0) is 6.42 Å². The molecular weight excluding hydrogens is 321 g/mol. The fourth-order valence-corrected chi connectivity index (χ4v) is 3.14. The molecule has 3 nitrogen and oxygen atoms in total.